The molecule has 1 amide bonds. The molecular weight excluding hydrogens is 335 g/mol. The minimum Gasteiger partial charge on any atom is -0.468 e. The molecule has 2 aromatic rings. The van der Waals surface area contributed by atoms with Crippen LogP contribution in [0.4, 0.5) is 22.0 Å². The monoisotopic (exact) mass is 346 g/mol. The number of pyridine rings is 1. The van der Waals surface area contributed by atoms with Crippen LogP contribution >= 0.6 is 0 Å². The van der Waals surface area contributed by atoms with E-state index < -0.39 is 35.9 Å². The van der Waals surface area contributed by atoms with Gasteiger partial charge in [-0.1, -0.05) is 12.1 Å². The first-order valence-electron chi connectivity index (χ1n) is 6.63. The van der Waals surface area contributed by atoms with E-state index >= 15 is 0 Å². The molecule has 24 heavy (non-hydrogen) atoms. The molecule has 0 atom stereocenters. The van der Waals surface area contributed by atoms with Gasteiger partial charge in [0.25, 0.3) is 5.91 Å². The zero-order valence-corrected chi connectivity index (χ0v) is 12.0. The Bertz CT molecular complexity index is 714. The third kappa shape index (κ3) is 4.64. The summed E-state index contributed by atoms with van der Waals surface area (Å²) in [5, 5.41) is 2.21. The summed E-state index contributed by atoms with van der Waals surface area (Å²) in [4.78, 5) is 15.5. The van der Waals surface area contributed by atoms with Crippen LogP contribution < -0.4 is 10.1 Å². The normalized spacial score (nSPS) is 11.2. The smallest absolute Gasteiger partial charge is 0.422 e. The second-order valence-electron chi connectivity index (χ2n) is 4.65. The molecule has 0 fully saturated rings. The predicted octanol–water partition coefficient (Wildman–Crippen LogP) is 3.23. The van der Waals surface area contributed by atoms with E-state index in [1.165, 1.54) is 18.3 Å². The average Bonchev–Trinajstić information content (AvgIpc) is 2.50. The quantitative estimate of drug-likeness (QED) is 0.846. The van der Waals surface area contributed by atoms with Crippen molar-refractivity contribution in [3.05, 3.63) is 59.3 Å². The predicted molar refractivity (Wildman–Crippen MR) is 73.3 cm³/mol. The molecule has 0 saturated carbocycles. The SMILES string of the molecule is O=C(NCc1cccnc1OCC(F)(F)F)c1c(F)cccc1F. The van der Waals surface area contributed by atoms with Crippen molar-refractivity contribution in [1.82, 2.24) is 10.3 Å². The molecule has 1 N–H and O–H groups in total. The Morgan fingerprint density at radius 3 is 2.42 bits per heavy atom. The van der Waals surface area contributed by atoms with Gasteiger partial charge in [0.05, 0.1) is 0 Å². The highest BCUT2D eigenvalue weighted by atomic mass is 19.4. The maximum absolute atomic E-state index is 13.5. The summed E-state index contributed by atoms with van der Waals surface area (Å²) in [7, 11) is 0. The van der Waals surface area contributed by atoms with Crippen LogP contribution in [0.3, 0.4) is 0 Å². The Morgan fingerprint density at radius 1 is 1.12 bits per heavy atom. The van der Waals surface area contributed by atoms with Crippen molar-refractivity contribution >= 4 is 5.91 Å². The number of nitrogens with zero attached hydrogens (tertiary/aromatic N) is 1. The topological polar surface area (TPSA) is 51.2 Å². The van der Waals surface area contributed by atoms with Crippen molar-refractivity contribution in [3.63, 3.8) is 0 Å². The molecule has 0 spiro atoms. The number of hydrogen-bond acceptors (Lipinski definition) is 3. The van der Waals surface area contributed by atoms with Gasteiger partial charge < -0.3 is 10.1 Å². The van der Waals surface area contributed by atoms with Gasteiger partial charge in [0.15, 0.2) is 6.61 Å². The molecule has 0 bridgehead atoms. The van der Waals surface area contributed by atoms with Crippen LogP contribution in [0.1, 0.15) is 15.9 Å². The minimum atomic E-state index is -4.55. The molecule has 0 aliphatic carbocycles. The summed E-state index contributed by atoms with van der Waals surface area (Å²) in [5.74, 6) is -3.47. The number of hydrogen-bond donors (Lipinski definition) is 1. The van der Waals surface area contributed by atoms with Gasteiger partial charge in [0.1, 0.15) is 17.2 Å². The van der Waals surface area contributed by atoms with Crippen LogP contribution in [-0.2, 0) is 6.54 Å². The average molecular weight is 346 g/mol. The Balaban J connectivity index is 2.08. The number of amides is 1. The first-order valence-corrected chi connectivity index (χ1v) is 6.63. The van der Waals surface area contributed by atoms with Crippen molar-refractivity contribution in [2.24, 2.45) is 0 Å². The maximum Gasteiger partial charge on any atom is 0.422 e. The van der Waals surface area contributed by atoms with E-state index in [-0.39, 0.29) is 18.0 Å². The molecule has 0 radical (unpaired) electrons. The zero-order valence-electron chi connectivity index (χ0n) is 12.0. The van der Waals surface area contributed by atoms with Crippen LogP contribution in [0.25, 0.3) is 0 Å². The number of aromatic nitrogens is 1. The van der Waals surface area contributed by atoms with E-state index in [2.05, 4.69) is 15.0 Å². The molecule has 0 aliphatic rings. The number of rotatable bonds is 5. The molecule has 0 unspecified atom stereocenters. The Kier molecular flexibility index (Phi) is 5.32. The molecule has 128 valence electrons. The van der Waals surface area contributed by atoms with E-state index in [0.717, 1.165) is 18.2 Å². The van der Waals surface area contributed by atoms with Gasteiger partial charge in [-0.3, -0.25) is 4.79 Å². The fourth-order valence-electron chi connectivity index (χ4n) is 1.82. The highest BCUT2D eigenvalue weighted by molar-refractivity contribution is 5.94. The van der Waals surface area contributed by atoms with Crippen LogP contribution in [0.5, 0.6) is 5.88 Å². The van der Waals surface area contributed by atoms with E-state index in [1.54, 1.807) is 0 Å². The molecule has 1 aromatic heterocycles. The maximum atomic E-state index is 13.5. The van der Waals surface area contributed by atoms with Gasteiger partial charge in [-0.2, -0.15) is 13.2 Å². The standard InChI is InChI=1S/C15H11F5N2O2/c16-10-4-1-5-11(17)12(10)13(23)22-7-9-3-2-6-21-14(9)24-8-15(18,19)20/h1-6H,7-8H2,(H,22,23). The van der Waals surface area contributed by atoms with Crippen LogP contribution in [-0.4, -0.2) is 23.7 Å². The lowest BCUT2D eigenvalue weighted by Gasteiger charge is -2.12. The second kappa shape index (κ2) is 7.24. The highest BCUT2D eigenvalue weighted by Crippen LogP contribution is 2.20. The van der Waals surface area contributed by atoms with Crippen LogP contribution in [0.2, 0.25) is 0 Å². The molecule has 1 aromatic carbocycles. The molecule has 0 saturated heterocycles. The fraction of sp³-hybridized carbons (Fsp3) is 0.200. The van der Waals surface area contributed by atoms with E-state index in [9.17, 15) is 26.7 Å². The lowest BCUT2D eigenvalue weighted by atomic mass is 10.1. The largest absolute Gasteiger partial charge is 0.468 e. The van der Waals surface area contributed by atoms with E-state index in [1.807, 2.05) is 0 Å². The van der Waals surface area contributed by atoms with Gasteiger partial charge in [0.2, 0.25) is 5.88 Å². The van der Waals surface area contributed by atoms with Gasteiger partial charge >= 0.3 is 6.18 Å². The number of carbonyl (C=O) groups excluding carboxylic acids is 1. The van der Waals surface area contributed by atoms with E-state index in [4.69, 9.17) is 0 Å². The van der Waals surface area contributed by atoms with Gasteiger partial charge in [-0.05, 0) is 18.2 Å². The van der Waals surface area contributed by atoms with Crippen LogP contribution in [0, 0.1) is 11.6 Å². The molecule has 9 heteroatoms. The molecule has 4 nitrogen and oxygen atoms in total. The number of ether oxygens (including phenoxy) is 1. The number of benzene rings is 1. The number of halogens is 5. The Labute approximate surface area is 133 Å². The Hall–Kier alpha value is -2.71. The van der Waals surface area contributed by atoms with E-state index in [0.29, 0.717) is 0 Å². The highest BCUT2D eigenvalue weighted by Gasteiger charge is 2.29. The summed E-state index contributed by atoms with van der Waals surface area (Å²) in [6.07, 6.45) is -3.33. The summed E-state index contributed by atoms with van der Waals surface area (Å²) in [5.41, 5.74) is -0.647. The molecule has 1 heterocycles. The lowest BCUT2D eigenvalue weighted by Crippen LogP contribution is -2.26. The van der Waals surface area contributed by atoms with Gasteiger partial charge in [-0.15, -0.1) is 0 Å². The molecule has 0 aliphatic heterocycles. The first-order chi connectivity index (χ1) is 11.3. The van der Waals surface area contributed by atoms with Gasteiger partial charge in [-0.25, -0.2) is 13.8 Å². The number of carbonyl (C=O) groups is 1. The van der Waals surface area contributed by atoms with Crippen molar-refractivity contribution < 1.29 is 31.5 Å². The fourth-order valence-corrected chi connectivity index (χ4v) is 1.82. The van der Waals surface area contributed by atoms with Crippen molar-refractivity contribution in [2.75, 3.05) is 6.61 Å². The number of alkyl halides is 3. The third-order valence-electron chi connectivity index (χ3n) is 2.85. The summed E-state index contributed by atoms with van der Waals surface area (Å²) >= 11 is 0. The third-order valence-corrected chi connectivity index (χ3v) is 2.85. The molecular formula is C15H11F5N2O2. The molecule has 2 rings (SSSR count). The minimum absolute atomic E-state index is 0.131. The summed E-state index contributed by atoms with van der Waals surface area (Å²) in [6.45, 7) is -1.86. The van der Waals surface area contributed by atoms with Crippen LogP contribution in [0.15, 0.2) is 36.5 Å². The number of nitrogens with one attached hydrogen (secondary N) is 1. The van der Waals surface area contributed by atoms with Crippen molar-refractivity contribution in [3.8, 4) is 5.88 Å². The lowest BCUT2D eigenvalue weighted by molar-refractivity contribution is -0.154. The van der Waals surface area contributed by atoms with Gasteiger partial charge in [0, 0.05) is 18.3 Å². The Morgan fingerprint density at radius 2 is 1.79 bits per heavy atom. The summed E-state index contributed by atoms with van der Waals surface area (Å²) in [6, 6.07) is 5.73. The van der Waals surface area contributed by atoms with Crippen molar-refractivity contribution in [2.45, 2.75) is 12.7 Å². The zero-order chi connectivity index (χ0) is 17.7. The first kappa shape index (κ1) is 17.6. The second-order valence-corrected chi connectivity index (χ2v) is 4.65. The summed E-state index contributed by atoms with van der Waals surface area (Å²) < 4.78 is 68.1. The van der Waals surface area contributed by atoms with Crippen molar-refractivity contribution in [1.29, 1.82) is 0 Å².